The Kier molecular flexibility index (Phi) is 4.87. The van der Waals surface area contributed by atoms with Crippen molar-refractivity contribution >= 4 is 39.1 Å². The average Bonchev–Trinajstić information content (AvgIpc) is 3.03. The van der Waals surface area contributed by atoms with Crippen LogP contribution >= 0.6 is 11.3 Å². The summed E-state index contributed by atoms with van der Waals surface area (Å²) in [4.78, 5) is 38.3. The molecule has 0 saturated carbocycles. The first-order valence-corrected chi connectivity index (χ1v) is 10.1. The number of hydrogen-bond acceptors (Lipinski definition) is 6. The van der Waals surface area contributed by atoms with E-state index in [1.165, 1.54) is 24.5 Å². The van der Waals surface area contributed by atoms with E-state index in [0.29, 0.717) is 33.2 Å². The van der Waals surface area contributed by atoms with Crippen LogP contribution in [0.5, 0.6) is 5.75 Å². The van der Waals surface area contributed by atoms with Gasteiger partial charge in [-0.3, -0.25) is 9.59 Å². The number of primary amides is 1. The summed E-state index contributed by atoms with van der Waals surface area (Å²) in [6.45, 7) is 2.15. The van der Waals surface area contributed by atoms with Gasteiger partial charge >= 0.3 is 5.63 Å². The topological polar surface area (TPSA) is 112 Å². The molecule has 0 aliphatic heterocycles. The third kappa shape index (κ3) is 3.51. The Morgan fingerprint density at radius 1 is 1.31 bits per heavy atom. The summed E-state index contributed by atoms with van der Waals surface area (Å²) in [6, 6.07) is 6.41. The Morgan fingerprint density at radius 3 is 2.83 bits per heavy atom. The van der Waals surface area contributed by atoms with Gasteiger partial charge in [-0.1, -0.05) is 6.92 Å². The second-order valence-corrected chi connectivity index (χ2v) is 8.33. The molecule has 4 rings (SSSR count). The van der Waals surface area contributed by atoms with E-state index in [4.69, 9.17) is 14.9 Å². The molecule has 29 heavy (non-hydrogen) atoms. The number of ether oxygens (including phenoxy) is 1. The fourth-order valence-corrected chi connectivity index (χ4v) is 5.07. The Hall–Kier alpha value is -3.13. The fourth-order valence-electron chi connectivity index (χ4n) is 3.66. The van der Waals surface area contributed by atoms with E-state index < -0.39 is 17.4 Å². The lowest BCUT2D eigenvalue weighted by Gasteiger charge is -2.18. The third-order valence-corrected chi connectivity index (χ3v) is 6.34. The highest BCUT2D eigenvalue weighted by molar-refractivity contribution is 7.17. The number of nitrogens with one attached hydrogen (secondary N) is 1. The SMILES string of the molecule is COc1ccc2oc(=O)c(C(=O)Nc3sc4c(c3C(N)=O)CCC(C)C4)cc2c1. The summed E-state index contributed by atoms with van der Waals surface area (Å²) in [7, 11) is 1.53. The molecular weight excluding hydrogens is 392 g/mol. The number of thiophene rings is 1. The molecule has 7 nitrogen and oxygen atoms in total. The summed E-state index contributed by atoms with van der Waals surface area (Å²) in [6.07, 6.45) is 2.56. The Balaban J connectivity index is 1.72. The molecule has 150 valence electrons. The minimum Gasteiger partial charge on any atom is -0.497 e. The molecule has 0 radical (unpaired) electrons. The molecule has 2 amide bonds. The van der Waals surface area contributed by atoms with Crippen molar-refractivity contribution in [1.29, 1.82) is 0 Å². The summed E-state index contributed by atoms with van der Waals surface area (Å²) in [5.74, 6) is -0.137. The Morgan fingerprint density at radius 2 is 2.10 bits per heavy atom. The summed E-state index contributed by atoms with van der Waals surface area (Å²) < 4.78 is 10.4. The molecule has 1 aliphatic rings. The van der Waals surface area contributed by atoms with E-state index in [1.807, 2.05) is 0 Å². The zero-order valence-electron chi connectivity index (χ0n) is 16.0. The maximum Gasteiger partial charge on any atom is 0.349 e. The van der Waals surface area contributed by atoms with Crippen LogP contribution in [0.25, 0.3) is 11.0 Å². The number of rotatable bonds is 4. The van der Waals surface area contributed by atoms with Gasteiger partial charge in [0, 0.05) is 10.3 Å². The number of amides is 2. The van der Waals surface area contributed by atoms with Gasteiger partial charge in [-0.25, -0.2) is 4.79 Å². The lowest BCUT2D eigenvalue weighted by molar-refractivity contribution is 0.1000. The smallest absolute Gasteiger partial charge is 0.349 e. The second kappa shape index (κ2) is 7.36. The summed E-state index contributed by atoms with van der Waals surface area (Å²) >= 11 is 1.35. The molecule has 1 aliphatic carbocycles. The third-order valence-electron chi connectivity index (χ3n) is 5.17. The van der Waals surface area contributed by atoms with Gasteiger partial charge in [0.2, 0.25) is 0 Å². The van der Waals surface area contributed by atoms with Crippen LogP contribution in [0, 0.1) is 5.92 Å². The van der Waals surface area contributed by atoms with Gasteiger partial charge < -0.3 is 20.2 Å². The van der Waals surface area contributed by atoms with E-state index in [0.717, 1.165) is 29.7 Å². The minimum atomic E-state index is -0.754. The maximum absolute atomic E-state index is 12.8. The number of anilines is 1. The zero-order valence-corrected chi connectivity index (χ0v) is 16.9. The normalized spacial score (nSPS) is 15.7. The molecule has 0 fully saturated rings. The zero-order chi connectivity index (χ0) is 20.7. The van der Waals surface area contributed by atoms with Crippen LogP contribution in [0.1, 0.15) is 44.5 Å². The lowest BCUT2D eigenvalue weighted by atomic mass is 9.88. The maximum atomic E-state index is 12.8. The molecule has 8 heteroatoms. The summed E-state index contributed by atoms with van der Waals surface area (Å²) in [5.41, 5.74) is 6.29. The van der Waals surface area contributed by atoms with Crippen LogP contribution in [0.3, 0.4) is 0 Å². The van der Waals surface area contributed by atoms with Crippen molar-refractivity contribution in [3.63, 3.8) is 0 Å². The van der Waals surface area contributed by atoms with E-state index in [9.17, 15) is 14.4 Å². The van der Waals surface area contributed by atoms with Gasteiger partial charge in [0.15, 0.2) is 0 Å². The van der Waals surface area contributed by atoms with Crippen molar-refractivity contribution in [3.05, 3.63) is 56.3 Å². The van der Waals surface area contributed by atoms with Crippen molar-refractivity contribution in [2.75, 3.05) is 12.4 Å². The van der Waals surface area contributed by atoms with E-state index in [-0.39, 0.29) is 5.56 Å². The Bertz CT molecular complexity index is 1190. The predicted molar refractivity (Wildman–Crippen MR) is 111 cm³/mol. The average molecular weight is 412 g/mol. The number of carbonyl (C=O) groups is 2. The van der Waals surface area contributed by atoms with Crippen molar-refractivity contribution in [3.8, 4) is 5.75 Å². The minimum absolute atomic E-state index is 0.152. The second-order valence-electron chi connectivity index (χ2n) is 7.23. The first-order valence-electron chi connectivity index (χ1n) is 9.25. The number of nitrogens with two attached hydrogens (primary N) is 1. The number of methoxy groups -OCH3 is 1. The quantitative estimate of drug-likeness (QED) is 0.639. The van der Waals surface area contributed by atoms with Crippen LogP contribution in [0.2, 0.25) is 0 Å². The molecule has 1 atom stereocenters. The molecule has 1 aromatic carbocycles. The van der Waals surface area contributed by atoms with E-state index in [2.05, 4.69) is 12.2 Å². The molecule has 0 bridgehead atoms. The van der Waals surface area contributed by atoms with Crippen LogP contribution in [0.15, 0.2) is 33.5 Å². The lowest BCUT2D eigenvalue weighted by Crippen LogP contribution is -2.22. The predicted octanol–water partition coefficient (Wildman–Crippen LogP) is 3.34. The van der Waals surface area contributed by atoms with Gasteiger partial charge in [0.1, 0.15) is 21.9 Å². The van der Waals surface area contributed by atoms with Crippen molar-refractivity contribution in [2.45, 2.75) is 26.2 Å². The first kappa shape index (κ1) is 19.2. The van der Waals surface area contributed by atoms with Gasteiger partial charge in [-0.2, -0.15) is 0 Å². The highest BCUT2D eigenvalue weighted by Gasteiger charge is 2.28. The van der Waals surface area contributed by atoms with Gasteiger partial charge in [0.05, 0.1) is 12.7 Å². The van der Waals surface area contributed by atoms with Crippen LogP contribution < -0.4 is 21.4 Å². The van der Waals surface area contributed by atoms with Crippen LogP contribution in [0.4, 0.5) is 5.00 Å². The van der Waals surface area contributed by atoms with Crippen molar-refractivity contribution in [1.82, 2.24) is 0 Å². The Labute approximate surface area is 170 Å². The number of carbonyl (C=O) groups excluding carboxylic acids is 2. The molecule has 0 spiro atoms. The van der Waals surface area contributed by atoms with Gasteiger partial charge in [-0.05, 0) is 55.0 Å². The fraction of sp³-hybridized carbons (Fsp3) is 0.286. The van der Waals surface area contributed by atoms with Crippen molar-refractivity contribution in [2.24, 2.45) is 11.7 Å². The summed E-state index contributed by atoms with van der Waals surface area (Å²) in [5, 5.41) is 3.64. The molecule has 1 unspecified atom stereocenters. The molecule has 2 aromatic heterocycles. The largest absolute Gasteiger partial charge is 0.497 e. The standard InChI is InChI=1S/C21H20N2O5S/c1-10-3-5-13-16(7-10)29-20(17(13)18(22)24)23-19(25)14-9-11-8-12(27-2)4-6-15(11)28-21(14)26/h4,6,8-10H,3,5,7H2,1-2H3,(H2,22,24)(H,23,25). The highest BCUT2D eigenvalue weighted by atomic mass is 32.1. The highest BCUT2D eigenvalue weighted by Crippen LogP contribution is 2.39. The molecule has 2 heterocycles. The number of hydrogen-bond donors (Lipinski definition) is 2. The van der Waals surface area contributed by atoms with Crippen molar-refractivity contribution < 1.29 is 18.7 Å². The number of benzene rings is 1. The van der Waals surface area contributed by atoms with Crippen LogP contribution in [-0.4, -0.2) is 18.9 Å². The molecule has 3 aromatic rings. The van der Waals surface area contributed by atoms with E-state index >= 15 is 0 Å². The molecule has 3 N–H and O–H groups in total. The first-order chi connectivity index (χ1) is 13.9. The van der Waals surface area contributed by atoms with Gasteiger partial charge in [0.25, 0.3) is 11.8 Å². The van der Waals surface area contributed by atoms with Crippen LogP contribution in [-0.2, 0) is 12.8 Å². The molecule has 0 saturated heterocycles. The monoisotopic (exact) mass is 412 g/mol. The van der Waals surface area contributed by atoms with Gasteiger partial charge in [-0.15, -0.1) is 11.3 Å². The van der Waals surface area contributed by atoms with E-state index in [1.54, 1.807) is 18.2 Å². The molecular formula is C21H20N2O5S. The number of fused-ring (bicyclic) bond motifs is 2.